The van der Waals surface area contributed by atoms with Crippen LogP contribution in [0.4, 0.5) is 0 Å². The molecule has 0 radical (unpaired) electrons. The van der Waals surface area contributed by atoms with Gasteiger partial charge in [0, 0.05) is 7.05 Å². The molecular weight excluding hydrogens is 342 g/mol. The lowest BCUT2D eigenvalue weighted by Gasteiger charge is -2.22. The van der Waals surface area contributed by atoms with Gasteiger partial charge >= 0.3 is 0 Å². The highest BCUT2D eigenvalue weighted by molar-refractivity contribution is 9.10. The second-order valence-electron chi connectivity index (χ2n) is 5.51. The van der Waals surface area contributed by atoms with Crippen LogP contribution in [-0.4, -0.2) is 36.2 Å². The van der Waals surface area contributed by atoms with Crippen LogP contribution in [0.25, 0.3) is 0 Å². The van der Waals surface area contributed by atoms with E-state index in [4.69, 9.17) is 0 Å². The van der Waals surface area contributed by atoms with Gasteiger partial charge in [-0.15, -0.1) is 0 Å². The lowest BCUT2D eigenvalue weighted by Crippen LogP contribution is -2.27. The maximum Gasteiger partial charge on any atom is 0.150 e. The molecule has 1 fully saturated rings. The van der Waals surface area contributed by atoms with Crippen molar-refractivity contribution in [2.24, 2.45) is 13.0 Å². The summed E-state index contributed by atoms with van der Waals surface area (Å²) in [7, 11) is -0.890. The third-order valence-electron chi connectivity index (χ3n) is 3.80. The number of nitrogens with zero attached hydrogens (tertiary/aromatic N) is 2. The molecule has 1 aromatic rings. The number of aryl methyl sites for hydroxylation is 1. The van der Waals surface area contributed by atoms with Crippen molar-refractivity contribution in [2.45, 2.75) is 32.2 Å². The maximum atomic E-state index is 11.6. The molecule has 0 aromatic carbocycles. The van der Waals surface area contributed by atoms with Crippen LogP contribution in [0.3, 0.4) is 0 Å². The van der Waals surface area contributed by atoms with E-state index in [-0.39, 0.29) is 12.0 Å². The zero-order chi connectivity index (χ0) is 14.8. The summed E-state index contributed by atoms with van der Waals surface area (Å²) in [5.41, 5.74) is 1.10. The molecule has 1 aliphatic rings. The molecule has 1 N–H and O–H groups in total. The van der Waals surface area contributed by atoms with Gasteiger partial charge in [0.15, 0.2) is 9.84 Å². The minimum absolute atomic E-state index is 0.148. The Hall–Kier alpha value is -0.400. The summed E-state index contributed by atoms with van der Waals surface area (Å²) in [6, 6.07) is 0.148. The number of hydrogen-bond donors (Lipinski definition) is 1. The van der Waals surface area contributed by atoms with E-state index < -0.39 is 9.84 Å². The Labute approximate surface area is 129 Å². The van der Waals surface area contributed by atoms with Crippen LogP contribution in [0.5, 0.6) is 0 Å². The van der Waals surface area contributed by atoms with Gasteiger partial charge in [-0.2, -0.15) is 5.10 Å². The van der Waals surface area contributed by atoms with Gasteiger partial charge < -0.3 is 5.32 Å². The molecule has 1 aliphatic heterocycles. The van der Waals surface area contributed by atoms with E-state index in [1.807, 2.05) is 11.7 Å². The summed E-state index contributed by atoms with van der Waals surface area (Å²) in [5, 5.41) is 7.78. The van der Waals surface area contributed by atoms with Gasteiger partial charge in [-0.3, -0.25) is 4.68 Å². The van der Waals surface area contributed by atoms with Crippen molar-refractivity contribution in [1.29, 1.82) is 0 Å². The fourth-order valence-corrected chi connectivity index (χ4v) is 5.32. The number of hydrogen-bond acceptors (Lipinski definition) is 4. The SMILES string of the molecule is CCCNC(CC1CCS(=O)(=O)C1)c1c(Br)cnn1C. The Bertz CT molecular complexity index is 536. The van der Waals surface area contributed by atoms with E-state index in [1.165, 1.54) is 0 Å². The molecule has 2 atom stereocenters. The molecular formula is C13H22BrN3O2S. The molecule has 2 rings (SSSR count). The molecule has 0 aliphatic carbocycles. The third kappa shape index (κ3) is 3.83. The van der Waals surface area contributed by atoms with Crippen LogP contribution in [0, 0.1) is 5.92 Å². The summed E-state index contributed by atoms with van der Waals surface area (Å²) in [6.07, 6.45) is 4.47. The Morgan fingerprint density at radius 3 is 2.85 bits per heavy atom. The number of aromatic nitrogens is 2. The highest BCUT2D eigenvalue weighted by atomic mass is 79.9. The zero-order valence-corrected chi connectivity index (χ0v) is 14.4. The second kappa shape index (κ2) is 6.58. The van der Waals surface area contributed by atoms with Gasteiger partial charge in [0.05, 0.1) is 33.9 Å². The smallest absolute Gasteiger partial charge is 0.150 e. The Kier molecular flexibility index (Phi) is 5.25. The first-order chi connectivity index (χ1) is 9.43. The van der Waals surface area contributed by atoms with Crippen molar-refractivity contribution < 1.29 is 8.42 Å². The van der Waals surface area contributed by atoms with Gasteiger partial charge in [-0.1, -0.05) is 6.92 Å². The summed E-state index contributed by atoms with van der Waals surface area (Å²) >= 11 is 3.54. The predicted molar refractivity (Wildman–Crippen MR) is 83.3 cm³/mol. The van der Waals surface area contributed by atoms with Crippen molar-refractivity contribution in [3.8, 4) is 0 Å². The summed E-state index contributed by atoms with van der Waals surface area (Å²) in [4.78, 5) is 0. The molecule has 0 spiro atoms. The van der Waals surface area contributed by atoms with Crippen molar-refractivity contribution in [2.75, 3.05) is 18.1 Å². The van der Waals surface area contributed by atoms with E-state index in [1.54, 1.807) is 6.20 Å². The van der Waals surface area contributed by atoms with Gasteiger partial charge in [0.1, 0.15) is 0 Å². The Morgan fingerprint density at radius 2 is 2.35 bits per heavy atom. The number of rotatable bonds is 6. The molecule has 0 amide bonds. The van der Waals surface area contributed by atoms with Crippen LogP contribution in [0.15, 0.2) is 10.7 Å². The van der Waals surface area contributed by atoms with Gasteiger partial charge in [0.25, 0.3) is 0 Å². The highest BCUT2D eigenvalue weighted by Gasteiger charge is 2.31. The first kappa shape index (κ1) is 16.0. The topological polar surface area (TPSA) is 64.0 Å². The van der Waals surface area contributed by atoms with Crippen LogP contribution in [0.2, 0.25) is 0 Å². The van der Waals surface area contributed by atoms with Crippen molar-refractivity contribution in [3.63, 3.8) is 0 Å². The number of halogens is 1. The van der Waals surface area contributed by atoms with Crippen LogP contribution >= 0.6 is 15.9 Å². The fraction of sp³-hybridized carbons (Fsp3) is 0.769. The maximum absolute atomic E-state index is 11.6. The minimum Gasteiger partial charge on any atom is -0.309 e. The molecule has 20 heavy (non-hydrogen) atoms. The number of sulfone groups is 1. The Morgan fingerprint density at radius 1 is 1.60 bits per heavy atom. The molecule has 0 saturated carbocycles. The first-order valence-corrected chi connectivity index (χ1v) is 9.65. The molecule has 5 nitrogen and oxygen atoms in total. The van der Waals surface area contributed by atoms with E-state index in [2.05, 4.69) is 33.3 Å². The van der Waals surface area contributed by atoms with E-state index >= 15 is 0 Å². The van der Waals surface area contributed by atoms with Gasteiger partial charge in [0.2, 0.25) is 0 Å². The lowest BCUT2D eigenvalue weighted by molar-refractivity contribution is 0.396. The standard InChI is InChI=1S/C13H22BrN3O2S/c1-3-5-15-12(13-11(14)8-16-17(13)2)7-10-4-6-20(18,19)9-10/h8,10,12,15H,3-7,9H2,1-2H3. The summed E-state index contributed by atoms with van der Waals surface area (Å²) in [6.45, 7) is 3.05. The fourth-order valence-electron chi connectivity index (χ4n) is 2.81. The highest BCUT2D eigenvalue weighted by Crippen LogP contribution is 2.32. The van der Waals surface area contributed by atoms with Crippen molar-refractivity contribution in [1.82, 2.24) is 15.1 Å². The predicted octanol–water partition coefficient (Wildman–Crippen LogP) is 2.05. The average molecular weight is 364 g/mol. The molecule has 114 valence electrons. The monoisotopic (exact) mass is 363 g/mol. The molecule has 0 bridgehead atoms. The molecule has 2 heterocycles. The van der Waals surface area contributed by atoms with Crippen LogP contribution < -0.4 is 5.32 Å². The summed E-state index contributed by atoms with van der Waals surface area (Å²) in [5.74, 6) is 0.911. The minimum atomic E-state index is -2.81. The lowest BCUT2D eigenvalue weighted by atomic mass is 9.97. The Balaban J connectivity index is 2.12. The number of nitrogens with one attached hydrogen (secondary N) is 1. The van der Waals surface area contributed by atoms with Gasteiger partial charge in [-0.25, -0.2) is 8.42 Å². The van der Waals surface area contributed by atoms with E-state index in [9.17, 15) is 8.42 Å². The van der Waals surface area contributed by atoms with Crippen molar-refractivity contribution >= 4 is 25.8 Å². The molecule has 1 saturated heterocycles. The second-order valence-corrected chi connectivity index (χ2v) is 8.60. The largest absolute Gasteiger partial charge is 0.309 e. The molecule has 1 aromatic heterocycles. The zero-order valence-electron chi connectivity index (χ0n) is 12.0. The van der Waals surface area contributed by atoms with Gasteiger partial charge in [-0.05, 0) is 47.7 Å². The van der Waals surface area contributed by atoms with Crippen molar-refractivity contribution in [3.05, 3.63) is 16.4 Å². The third-order valence-corrected chi connectivity index (χ3v) is 6.25. The van der Waals surface area contributed by atoms with E-state index in [0.29, 0.717) is 11.5 Å². The first-order valence-electron chi connectivity index (χ1n) is 7.04. The quantitative estimate of drug-likeness (QED) is 0.839. The summed E-state index contributed by atoms with van der Waals surface area (Å²) < 4.78 is 26.1. The van der Waals surface area contributed by atoms with E-state index in [0.717, 1.165) is 36.0 Å². The van der Waals surface area contributed by atoms with Crippen LogP contribution in [0.1, 0.15) is 37.9 Å². The average Bonchev–Trinajstić information content (AvgIpc) is 2.88. The molecule has 2 unspecified atom stereocenters. The normalized spacial score (nSPS) is 23.1. The van der Waals surface area contributed by atoms with Crippen LogP contribution in [-0.2, 0) is 16.9 Å². The molecule has 7 heteroatoms.